The zero-order chi connectivity index (χ0) is 15.1. The second-order valence-electron chi connectivity index (χ2n) is 3.91. The molecule has 0 radical (unpaired) electrons. The van der Waals surface area contributed by atoms with Gasteiger partial charge in [-0.05, 0) is 25.5 Å². The predicted molar refractivity (Wildman–Crippen MR) is 76.9 cm³/mol. The van der Waals surface area contributed by atoms with Crippen LogP contribution in [0.4, 0.5) is 0 Å². The van der Waals surface area contributed by atoms with Crippen molar-refractivity contribution in [3.8, 4) is 6.07 Å². The maximum absolute atomic E-state index is 12.5. The third kappa shape index (κ3) is 3.78. The molecule has 0 amide bonds. The van der Waals surface area contributed by atoms with Gasteiger partial charge in [-0.25, -0.2) is 0 Å². The fourth-order valence-corrected chi connectivity index (χ4v) is 3.07. The first-order chi connectivity index (χ1) is 9.51. The first-order valence-corrected chi connectivity index (χ1v) is 7.82. The zero-order valence-electron chi connectivity index (χ0n) is 11.5. The van der Waals surface area contributed by atoms with E-state index >= 15 is 0 Å². The summed E-state index contributed by atoms with van der Waals surface area (Å²) < 4.78 is 22.6. The summed E-state index contributed by atoms with van der Waals surface area (Å²) in [6.07, 6.45) is 2.66. The number of nitriles is 1. The van der Waals surface area contributed by atoms with Crippen molar-refractivity contribution in [3.05, 3.63) is 42.0 Å². The van der Waals surface area contributed by atoms with Crippen molar-refractivity contribution in [2.75, 3.05) is 13.2 Å². The third-order valence-corrected chi connectivity index (χ3v) is 4.77. The van der Waals surface area contributed by atoms with E-state index in [4.69, 9.17) is 14.3 Å². The van der Waals surface area contributed by atoms with E-state index in [0.29, 0.717) is 0 Å². The lowest BCUT2D eigenvalue weighted by molar-refractivity contribution is 0.137. The van der Waals surface area contributed by atoms with E-state index in [1.165, 1.54) is 6.08 Å². The number of benzene rings is 1. The molecule has 6 heteroatoms. The fourth-order valence-electron chi connectivity index (χ4n) is 1.54. The molecule has 0 aliphatic rings. The Labute approximate surface area is 119 Å². The molecule has 0 bridgehead atoms. The summed E-state index contributed by atoms with van der Waals surface area (Å²) in [6.45, 7) is 3.37. The summed E-state index contributed by atoms with van der Waals surface area (Å²) >= 11 is 0. The van der Waals surface area contributed by atoms with Crippen LogP contribution in [-0.4, -0.2) is 23.7 Å². The molecule has 108 valence electrons. The molecule has 20 heavy (non-hydrogen) atoms. The maximum Gasteiger partial charge on any atom is 0.380 e. The summed E-state index contributed by atoms with van der Waals surface area (Å²) in [7, 11) is -3.97. The highest BCUT2D eigenvalue weighted by molar-refractivity contribution is 7.56. The third-order valence-electron chi connectivity index (χ3n) is 2.49. The van der Waals surface area contributed by atoms with Gasteiger partial charge in [0.25, 0.3) is 5.34 Å². The molecule has 1 unspecified atom stereocenters. The van der Waals surface area contributed by atoms with E-state index in [1.807, 2.05) is 18.2 Å². The maximum atomic E-state index is 12.5. The average molecular weight is 295 g/mol. The number of rotatable bonds is 7. The topological polar surface area (TPSA) is 79.6 Å². The van der Waals surface area contributed by atoms with Crippen molar-refractivity contribution in [1.29, 1.82) is 5.26 Å². The van der Waals surface area contributed by atoms with Gasteiger partial charge in [0.05, 0.1) is 13.2 Å². The molecule has 0 aliphatic carbocycles. The van der Waals surface area contributed by atoms with E-state index in [-0.39, 0.29) is 13.2 Å². The van der Waals surface area contributed by atoms with Crippen LogP contribution in [0.3, 0.4) is 0 Å². The highest BCUT2D eigenvalue weighted by atomic mass is 31.2. The van der Waals surface area contributed by atoms with Gasteiger partial charge in [-0.15, -0.1) is 0 Å². The van der Waals surface area contributed by atoms with Gasteiger partial charge in [-0.1, -0.05) is 36.4 Å². The molecule has 1 atom stereocenters. The van der Waals surface area contributed by atoms with E-state index in [2.05, 4.69) is 0 Å². The van der Waals surface area contributed by atoms with Crippen LogP contribution in [0.15, 0.2) is 36.4 Å². The summed E-state index contributed by atoms with van der Waals surface area (Å²) in [5.74, 6) is 0. The molecular weight excluding hydrogens is 277 g/mol. The molecule has 0 aliphatic heterocycles. The van der Waals surface area contributed by atoms with Gasteiger partial charge in [0.15, 0.2) is 0 Å². The quantitative estimate of drug-likeness (QED) is 0.617. The minimum atomic E-state index is -3.97. The van der Waals surface area contributed by atoms with Gasteiger partial charge in [-0.3, -0.25) is 4.57 Å². The highest BCUT2D eigenvalue weighted by Gasteiger charge is 2.48. The van der Waals surface area contributed by atoms with E-state index in [9.17, 15) is 9.67 Å². The largest absolute Gasteiger partial charge is 0.380 e. The normalized spacial score (nSPS) is 14.9. The minimum Gasteiger partial charge on any atom is -0.363 e. The van der Waals surface area contributed by atoms with Gasteiger partial charge >= 0.3 is 7.60 Å². The van der Waals surface area contributed by atoms with Gasteiger partial charge in [0.1, 0.15) is 6.07 Å². The molecule has 1 rings (SSSR count). The van der Waals surface area contributed by atoms with Crippen LogP contribution in [0.1, 0.15) is 19.4 Å². The molecule has 0 saturated heterocycles. The fraction of sp³-hybridized carbons (Fsp3) is 0.357. The summed E-state index contributed by atoms with van der Waals surface area (Å²) in [5.41, 5.74) is 0.765. The Morgan fingerprint density at radius 3 is 2.30 bits per heavy atom. The van der Waals surface area contributed by atoms with Crippen molar-refractivity contribution in [2.45, 2.75) is 19.2 Å². The van der Waals surface area contributed by atoms with E-state index < -0.39 is 12.9 Å². The Bertz CT molecular complexity index is 528. The molecule has 0 heterocycles. The molecule has 1 N–H and O–H groups in total. The van der Waals surface area contributed by atoms with Crippen LogP contribution in [0.5, 0.6) is 0 Å². The molecule has 0 saturated carbocycles. The lowest BCUT2D eigenvalue weighted by Crippen LogP contribution is -2.26. The van der Waals surface area contributed by atoms with Crippen LogP contribution in [-0.2, 0) is 13.6 Å². The highest BCUT2D eigenvalue weighted by Crippen LogP contribution is 2.59. The summed E-state index contributed by atoms with van der Waals surface area (Å²) in [4.78, 5) is 0. The second kappa shape index (κ2) is 7.37. The molecule has 1 aromatic rings. The second-order valence-corrected chi connectivity index (χ2v) is 6.11. The summed E-state index contributed by atoms with van der Waals surface area (Å²) in [5, 5.41) is 17.2. The van der Waals surface area contributed by atoms with Gasteiger partial charge in [-0.2, -0.15) is 5.26 Å². The number of hydrogen-bond acceptors (Lipinski definition) is 5. The van der Waals surface area contributed by atoms with E-state index in [0.717, 1.165) is 11.6 Å². The van der Waals surface area contributed by atoms with Crippen molar-refractivity contribution in [1.82, 2.24) is 0 Å². The number of hydrogen-bond donors (Lipinski definition) is 1. The molecule has 0 fully saturated rings. The molecular formula is C14H18NO4P. The predicted octanol–water partition coefficient (Wildman–Crippen LogP) is 3.18. The van der Waals surface area contributed by atoms with Crippen LogP contribution < -0.4 is 0 Å². The van der Waals surface area contributed by atoms with Crippen LogP contribution in [0.2, 0.25) is 0 Å². The number of aliphatic hydroxyl groups is 1. The van der Waals surface area contributed by atoms with Crippen LogP contribution in [0, 0.1) is 11.3 Å². The standard InChI is InChI=1S/C14H18NO4P/c1-3-18-20(17,19-4-2)14(16,12-15)11-10-13-8-6-5-7-9-13/h5-11,16H,3-4H2,1-2H3/b11-10+. The van der Waals surface area contributed by atoms with Crippen molar-refractivity contribution >= 4 is 13.7 Å². The molecule has 0 spiro atoms. The lowest BCUT2D eigenvalue weighted by Gasteiger charge is -2.26. The van der Waals surface area contributed by atoms with Crippen molar-refractivity contribution < 1.29 is 18.7 Å². The first kappa shape index (κ1) is 16.6. The Balaban J connectivity index is 3.10. The van der Waals surface area contributed by atoms with E-state index in [1.54, 1.807) is 32.0 Å². The van der Waals surface area contributed by atoms with Crippen LogP contribution in [0.25, 0.3) is 6.08 Å². The average Bonchev–Trinajstić information content (AvgIpc) is 2.46. The smallest absolute Gasteiger partial charge is 0.363 e. The Kier molecular flexibility index (Phi) is 6.12. The monoisotopic (exact) mass is 295 g/mol. The summed E-state index contributed by atoms with van der Waals surface area (Å²) in [6, 6.07) is 10.7. The minimum absolute atomic E-state index is 0.0699. The van der Waals surface area contributed by atoms with Crippen LogP contribution >= 0.6 is 7.60 Å². The Morgan fingerprint density at radius 1 is 1.30 bits per heavy atom. The Morgan fingerprint density at radius 2 is 1.85 bits per heavy atom. The molecule has 1 aromatic carbocycles. The van der Waals surface area contributed by atoms with Crippen molar-refractivity contribution in [3.63, 3.8) is 0 Å². The van der Waals surface area contributed by atoms with Gasteiger partial charge < -0.3 is 14.2 Å². The SMILES string of the molecule is CCOP(=O)(OCC)C(O)(C#N)/C=C/c1ccccc1. The molecule has 5 nitrogen and oxygen atoms in total. The number of nitrogens with zero attached hydrogens (tertiary/aromatic N) is 1. The van der Waals surface area contributed by atoms with Gasteiger partial charge in [0, 0.05) is 0 Å². The van der Waals surface area contributed by atoms with Gasteiger partial charge in [0.2, 0.25) is 0 Å². The first-order valence-electron chi connectivity index (χ1n) is 6.28. The molecule has 0 aromatic heterocycles. The lowest BCUT2D eigenvalue weighted by atomic mass is 10.2. The Hall–Kier alpha value is -1.44. The van der Waals surface area contributed by atoms with Crippen molar-refractivity contribution in [2.24, 2.45) is 0 Å². The zero-order valence-corrected chi connectivity index (χ0v) is 12.4.